The van der Waals surface area contributed by atoms with E-state index in [2.05, 4.69) is 33.7 Å². The molecule has 0 saturated heterocycles. The number of carbonyl (C=O) groups is 1. The lowest BCUT2D eigenvalue weighted by Crippen LogP contribution is -2.17. The first-order valence-electron chi connectivity index (χ1n) is 9.61. The highest BCUT2D eigenvalue weighted by Crippen LogP contribution is 2.22. The molecule has 4 rings (SSSR count). The van der Waals surface area contributed by atoms with Crippen molar-refractivity contribution in [2.24, 2.45) is 5.10 Å². The van der Waals surface area contributed by atoms with Crippen LogP contribution < -0.4 is 5.43 Å². The van der Waals surface area contributed by atoms with E-state index in [1.54, 1.807) is 30.7 Å². The Balaban J connectivity index is 1.60. The predicted molar refractivity (Wildman–Crippen MR) is 117 cm³/mol. The van der Waals surface area contributed by atoms with Crippen molar-refractivity contribution in [3.63, 3.8) is 0 Å². The van der Waals surface area contributed by atoms with Crippen LogP contribution in [0.15, 0.2) is 90.4 Å². The van der Waals surface area contributed by atoms with Crippen molar-refractivity contribution in [2.45, 2.75) is 13.5 Å². The van der Waals surface area contributed by atoms with Crippen molar-refractivity contribution in [3.8, 4) is 11.3 Å². The highest BCUT2D eigenvalue weighted by Gasteiger charge is 2.11. The smallest absolute Gasteiger partial charge is 0.267 e. The highest BCUT2D eigenvalue weighted by molar-refractivity contribution is 5.95. The van der Waals surface area contributed by atoms with Gasteiger partial charge in [0, 0.05) is 35.3 Å². The number of pyridine rings is 1. The summed E-state index contributed by atoms with van der Waals surface area (Å²) in [5.74, 6) is -0.289. The van der Waals surface area contributed by atoms with E-state index in [9.17, 15) is 4.79 Å². The fourth-order valence-electron chi connectivity index (χ4n) is 3.13. The van der Waals surface area contributed by atoms with Crippen LogP contribution in [0.1, 0.15) is 27.0 Å². The van der Waals surface area contributed by atoms with Gasteiger partial charge in [0.15, 0.2) is 0 Å². The van der Waals surface area contributed by atoms with Crippen LogP contribution >= 0.6 is 0 Å². The summed E-state index contributed by atoms with van der Waals surface area (Å²) in [5, 5.41) is 8.93. The van der Waals surface area contributed by atoms with Crippen LogP contribution in [0.2, 0.25) is 0 Å². The van der Waals surface area contributed by atoms with Gasteiger partial charge < -0.3 is 0 Å². The molecule has 0 spiro atoms. The van der Waals surface area contributed by atoms with Gasteiger partial charge in [-0.05, 0) is 30.7 Å². The maximum Gasteiger partial charge on any atom is 0.271 e. The Morgan fingerprint density at radius 2 is 1.87 bits per heavy atom. The Morgan fingerprint density at radius 1 is 1.07 bits per heavy atom. The third-order valence-electron chi connectivity index (χ3n) is 4.58. The number of rotatable bonds is 6. The second-order valence-corrected chi connectivity index (χ2v) is 6.92. The lowest BCUT2D eigenvalue weighted by atomic mass is 10.1. The highest BCUT2D eigenvalue weighted by atomic mass is 16.2. The van der Waals surface area contributed by atoms with Gasteiger partial charge in [-0.3, -0.25) is 14.5 Å². The summed E-state index contributed by atoms with van der Waals surface area (Å²) < 4.78 is 1.89. The molecule has 0 saturated carbocycles. The van der Waals surface area contributed by atoms with Crippen molar-refractivity contribution in [1.82, 2.24) is 20.2 Å². The number of hydrogen-bond donors (Lipinski definition) is 1. The molecule has 0 aliphatic carbocycles. The van der Waals surface area contributed by atoms with Crippen LogP contribution in [0.4, 0.5) is 0 Å². The molecule has 2 aromatic carbocycles. The second-order valence-electron chi connectivity index (χ2n) is 6.92. The number of aromatic nitrogens is 3. The normalized spacial score (nSPS) is 11.0. The van der Waals surface area contributed by atoms with Crippen molar-refractivity contribution < 1.29 is 4.79 Å². The number of nitrogens with zero attached hydrogens (tertiary/aromatic N) is 4. The van der Waals surface area contributed by atoms with Crippen molar-refractivity contribution >= 4 is 12.1 Å². The molecule has 0 bridgehead atoms. The zero-order chi connectivity index (χ0) is 20.8. The quantitative estimate of drug-likeness (QED) is 0.395. The first-order valence-corrected chi connectivity index (χ1v) is 9.61. The maximum absolute atomic E-state index is 12.2. The largest absolute Gasteiger partial charge is 0.271 e. The molecule has 1 N–H and O–H groups in total. The lowest BCUT2D eigenvalue weighted by Gasteiger charge is -2.02. The van der Waals surface area contributed by atoms with Gasteiger partial charge in [0.1, 0.15) is 5.69 Å². The zero-order valence-electron chi connectivity index (χ0n) is 16.6. The molecule has 2 heterocycles. The van der Waals surface area contributed by atoms with Gasteiger partial charge in [0.05, 0.1) is 12.8 Å². The van der Waals surface area contributed by atoms with Crippen molar-refractivity contribution in [3.05, 3.63) is 108 Å². The van der Waals surface area contributed by atoms with Gasteiger partial charge in [-0.1, -0.05) is 54.1 Å². The Kier molecular flexibility index (Phi) is 5.75. The van der Waals surface area contributed by atoms with Gasteiger partial charge in [-0.25, -0.2) is 5.43 Å². The minimum Gasteiger partial charge on any atom is -0.267 e. The van der Waals surface area contributed by atoms with E-state index in [1.165, 1.54) is 0 Å². The number of carbonyl (C=O) groups excluding carboxylic acids is 1. The first-order chi connectivity index (χ1) is 14.7. The minimum absolute atomic E-state index is 0.289. The van der Waals surface area contributed by atoms with Crippen molar-refractivity contribution in [1.29, 1.82) is 0 Å². The van der Waals surface area contributed by atoms with Crippen LogP contribution in [0, 0.1) is 6.92 Å². The molecular weight excluding hydrogens is 374 g/mol. The zero-order valence-corrected chi connectivity index (χ0v) is 16.6. The van der Waals surface area contributed by atoms with E-state index < -0.39 is 0 Å². The van der Waals surface area contributed by atoms with E-state index in [0.717, 1.165) is 27.9 Å². The van der Waals surface area contributed by atoms with Gasteiger partial charge in [0.25, 0.3) is 5.91 Å². The molecule has 1 amide bonds. The molecule has 148 valence electrons. The standard InChI is InChI=1S/C24H21N5O/c1-18-6-5-9-21(14-18)23-22(15-26-27-24(30)20-10-12-25-13-11-20)17-29(28-23)16-19-7-3-2-4-8-19/h2-15,17H,16H2,1H3,(H,27,30)/b26-15-. The fourth-order valence-corrected chi connectivity index (χ4v) is 3.13. The van der Waals surface area contributed by atoms with Crippen LogP contribution in [0.25, 0.3) is 11.3 Å². The topological polar surface area (TPSA) is 72.2 Å². The molecule has 0 radical (unpaired) electrons. The molecule has 0 aliphatic heterocycles. The lowest BCUT2D eigenvalue weighted by molar-refractivity contribution is 0.0955. The monoisotopic (exact) mass is 395 g/mol. The van der Waals surface area contributed by atoms with Crippen molar-refractivity contribution in [2.75, 3.05) is 0 Å². The number of hydrazone groups is 1. The summed E-state index contributed by atoms with van der Waals surface area (Å²) in [6.07, 6.45) is 6.71. The predicted octanol–water partition coefficient (Wildman–Crippen LogP) is 4.07. The summed E-state index contributed by atoms with van der Waals surface area (Å²) in [6, 6.07) is 21.6. The molecule has 6 heteroatoms. The Morgan fingerprint density at radius 3 is 2.63 bits per heavy atom. The molecule has 4 aromatic rings. The molecule has 0 atom stereocenters. The molecule has 0 unspecified atom stereocenters. The summed E-state index contributed by atoms with van der Waals surface area (Å²) in [7, 11) is 0. The van der Waals surface area contributed by atoms with E-state index in [4.69, 9.17) is 5.10 Å². The second kappa shape index (κ2) is 8.96. The summed E-state index contributed by atoms with van der Waals surface area (Å²) in [5.41, 5.74) is 8.02. The van der Waals surface area contributed by atoms with Crippen LogP contribution in [-0.2, 0) is 6.54 Å². The Hall–Kier alpha value is -4.06. The van der Waals surface area contributed by atoms with E-state index in [-0.39, 0.29) is 5.91 Å². The summed E-state index contributed by atoms with van der Waals surface area (Å²) in [6.45, 7) is 2.70. The van der Waals surface area contributed by atoms with Crippen LogP contribution in [0.3, 0.4) is 0 Å². The molecule has 0 fully saturated rings. The van der Waals surface area contributed by atoms with Gasteiger partial charge in [-0.2, -0.15) is 10.2 Å². The number of nitrogens with one attached hydrogen (secondary N) is 1. The van der Waals surface area contributed by atoms with Gasteiger partial charge >= 0.3 is 0 Å². The minimum atomic E-state index is -0.289. The van der Waals surface area contributed by atoms with E-state index >= 15 is 0 Å². The maximum atomic E-state index is 12.2. The third-order valence-corrected chi connectivity index (χ3v) is 4.58. The summed E-state index contributed by atoms with van der Waals surface area (Å²) in [4.78, 5) is 16.1. The SMILES string of the molecule is Cc1cccc(-c2nn(Cc3ccccc3)cc2/C=N\NC(=O)c2ccncc2)c1. The van der Waals surface area contributed by atoms with Gasteiger partial charge in [-0.15, -0.1) is 0 Å². The number of benzene rings is 2. The number of amides is 1. The molecule has 2 aromatic heterocycles. The molecule has 6 nitrogen and oxygen atoms in total. The number of aryl methyl sites for hydroxylation is 1. The first kappa shape index (κ1) is 19.3. The van der Waals surface area contributed by atoms with E-state index in [1.807, 2.05) is 54.2 Å². The van der Waals surface area contributed by atoms with Crippen LogP contribution in [0.5, 0.6) is 0 Å². The molecular formula is C24H21N5O. The van der Waals surface area contributed by atoms with Crippen LogP contribution in [-0.4, -0.2) is 26.9 Å². The average molecular weight is 395 g/mol. The Bertz CT molecular complexity index is 1170. The van der Waals surface area contributed by atoms with Gasteiger partial charge in [0.2, 0.25) is 0 Å². The molecule has 30 heavy (non-hydrogen) atoms. The summed E-state index contributed by atoms with van der Waals surface area (Å²) >= 11 is 0. The molecule has 0 aliphatic rings. The van der Waals surface area contributed by atoms with E-state index in [0.29, 0.717) is 12.1 Å². The average Bonchev–Trinajstić information content (AvgIpc) is 3.17. The Labute approximate surface area is 174 Å². The number of hydrogen-bond acceptors (Lipinski definition) is 4. The third kappa shape index (κ3) is 4.67. The fraction of sp³-hybridized carbons (Fsp3) is 0.0833.